The van der Waals surface area contributed by atoms with E-state index >= 15 is 0 Å². The molecule has 0 radical (unpaired) electrons. The Balaban J connectivity index is 2.21. The number of rotatable bonds is 5. The Bertz CT molecular complexity index is 211. The molecule has 1 rings (SSSR count). The van der Waals surface area contributed by atoms with Gasteiger partial charge in [-0.2, -0.15) is 5.11 Å². The van der Waals surface area contributed by atoms with Crippen molar-refractivity contribution in [3.8, 4) is 0 Å². The van der Waals surface area contributed by atoms with E-state index in [0.717, 1.165) is 0 Å². The highest BCUT2D eigenvalue weighted by atomic mass is 16.8. The Morgan fingerprint density at radius 2 is 1.93 bits per heavy atom. The third kappa shape index (κ3) is 4.85. The van der Waals surface area contributed by atoms with Crippen molar-refractivity contribution in [2.45, 2.75) is 52.0 Å². The summed E-state index contributed by atoms with van der Waals surface area (Å²) in [5, 5.41) is 14.6. The average molecular weight is 212 g/mol. The van der Waals surface area contributed by atoms with Crippen molar-refractivity contribution in [2.24, 2.45) is 26.7 Å². The number of nitrogens with zero attached hydrogens (tertiary/aromatic N) is 4. The van der Waals surface area contributed by atoms with Crippen molar-refractivity contribution in [2.75, 3.05) is 6.54 Å². The van der Waals surface area contributed by atoms with E-state index in [1.807, 2.05) is 6.92 Å². The van der Waals surface area contributed by atoms with Crippen LogP contribution in [0.25, 0.3) is 0 Å². The largest absolute Gasteiger partial charge is 0.204 e. The molecular formula is C10H20N4O. The van der Waals surface area contributed by atoms with Gasteiger partial charge in [0.1, 0.15) is 0 Å². The van der Waals surface area contributed by atoms with Gasteiger partial charge >= 0.3 is 0 Å². The molecule has 86 valence electrons. The fraction of sp³-hybridized carbons (Fsp3) is 1.00. The highest BCUT2D eigenvalue weighted by Gasteiger charge is 2.19. The van der Waals surface area contributed by atoms with Crippen LogP contribution in [0.1, 0.15) is 46.0 Å². The molecule has 0 aromatic rings. The Morgan fingerprint density at radius 3 is 2.60 bits per heavy atom. The fourth-order valence-electron chi connectivity index (χ4n) is 1.91. The summed E-state index contributed by atoms with van der Waals surface area (Å²) < 4.78 is 0. The van der Waals surface area contributed by atoms with Crippen LogP contribution in [0.4, 0.5) is 0 Å². The van der Waals surface area contributed by atoms with E-state index < -0.39 is 0 Å². The van der Waals surface area contributed by atoms with Gasteiger partial charge in [-0.1, -0.05) is 19.3 Å². The van der Waals surface area contributed by atoms with Crippen LogP contribution in [-0.2, 0) is 4.94 Å². The molecule has 0 aromatic heterocycles. The number of hydrogen-bond donors (Lipinski definition) is 0. The topological polar surface area (TPSA) is 58.7 Å². The molecule has 1 aliphatic carbocycles. The van der Waals surface area contributed by atoms with Crippen LogP contribution < -0.4 is 0 Å². The molecule has 0 heterocycles. The molecule has 1 aliphatic rings. The lowest BCUT2D eigenvalue weighted by atomic mass is 9.85. The molecule has 0 aromatic carbocycles. The normalized spacial score (nSPS) is 21.2. The lowest BCUT2D eigenvalue weighted by molar-refractivity contribution is 0.103. The van der Waals surface area contributed by atoms with E-state index in [0.29, 0.717) is 12.5 Å². The van der Waals surface area contributed by atoms with Gasteiger partial charge in [-0.15, -0.1) is 5.11 Å². The summed E-state index contributed by atoms with van der Waals surface area (Å²) in [4.78, 5) is 4.55. The van der Waals surface area contributed by atoms with Gasteiger partial charge in [-0.05, 0) is 32.6 Å². The zero-order chi connectivity index (χ0) is 10.9. The first-order chi connectivity index (χ1) is 7.34. The first-order valence-electron chi connectivity index (χ1n) is 5.77. The molecule has 1 fully saturated rings. The lowest BCUT2D eigenvalue weighted by Crippen LogP contribution is -2.17. The quantitative estimate of drug-likeness (QED) is 0.506. The van der Waals surface area contributed by atoms with Crippen LogP contribution in [-0.4, -0.2) is 12.6 Å². The van der Waals surface area contributed by atoms with Crippen LogP contribution in [0.2, 0.25) is 0 Å². The van der Waals surface area contributed by atoms with E-state index in [9.17, 15) is 0 Å². The second-order valence-electron chi connectivity index (χ2n) is 3.96. The third-order valence-corrected chi connectivity index (χ3v) is 2.83. The SMILES string of the molecule is CCN=NON=NC(C)C1CCCCC1. The Morgan fingerprint density at radius 1 is 1.20 bits per heavy atom. The predicted molar refractivity (Wildman–Crippen MR) is 57.4 cm³/mol. The lowest BCUT2D eigenvalue weighted by Gasteiger charge is -2.23. The maximum absolute atomic E-state index is 4.55. The Hall–Kier alpha value is -1.00. The minimum absolute atomic E-state index is 0.238. The van der Waals surface area contributed by atoms with Crippen LogP contribution in [0.5, 0.6) is 0 Å². The molecular weight excluding hydrogens is 192 g/mol. The van der Waals surface area contributed by atoms with Crippen LogP contribution >= 0.6 is 0 Å². The van der Waals surface area contributed by atoms with Gasteiger partial charge in [0, 0.05) is 0 Å². The maximum Gasteiger partial charge on any atom is 0.0745 e. The fourth-order valence-corrected chi connectivity index (χ4v) is 1.91. The first-order valence-corrected chi connectivity index (χ1v) is 5.77. The molecule has 0 aliphatic heterocycles. The molecule has 0 amide bonds. The van der Waals surface area contributed by atoms with E-state index in [1.165, 1.54) is 32.1 Å². The summed E-state index contributed by atoms with van der Waals surface area (Å²) in [7, 11) is 0. The molecule has 1 saturated carbocycles. The van der Waals surface area contributed by atoms with Gasteiger partial charge in [0.25, 0.3) is 0 Å². The zero-order valence-corrected chi connectivity index (χ0v) is 9.59. The first kappa shape index (κ1) is 12.1. The minimum atomic E-state index is 0.238. The van der Waals surface area contributed by atoms with Gasteiger partial charge in [0.15, 0.2) is 0 Å². The zero-order valence-electron chi connectivity index (χ0n) is 9.59. The molecule has 0 spiro atoms. The highest BCUT2D eigenvalue weighted by Crippen LogP contribution is 2.27. The monoisotopic (exact) mass is 212 g/mol. The molecule has 1 unspecified atom stereocenters. The molecule has 1 atom stereocenters. The number of hydrogen-bond acceptors (Lipinski definition) is 5. The van der Waals surface area contributed by atoms with E-state index in [2.05, 4.69) is 32.6 Å². The molecule has 5 nitrogen and oxygen atoms in total. The molecule has 5 heteroatoms. The van der Waals surface area contributed by atoms with Gasteiger partial charge in [-0.25, -0.2) is 4.94 Å². The summed E-state index contributed by atoms with van der Waals surface area (Å²) >= 11 is 0. The summed E-state index contributed by atoms with van der Waals surface area (Å²) in [5.74, 6) is 0.661. The van der Waals surface area contributed by atoms with Crippen LogP contribution in [0.15, 0.2) is 20.8 Å². The van der Waals surface area contributed by atoms with Gasteiger partial charge in [0.05, 0.1) is 23.1 Å². The minimum Gasteiger partial charge on any atom is -0.204 e. The Kier molecular flexibility index (Phi) is 5.88. The standard InChI is InChI=1S/C10H20N4O/c1-3-11-13-15-14-12-9(2)10-7-5-4-6-8-10/h9-10H,3-8H2,1-2H3. The smallest absolute Gasteiger partial charge is 0.0745 e. The summed E-state index contributed by atoms with van der Waals surface area (Å²) in [6.45, 7) is 4.57. The van der Waals surface area contributed by atoms with Crippen molar-refractivity contribution in [3.63, 3.8) is 0 Å². The van der Waals surface area contributed by atoms with Gasteiger partial charge in [0.2, 0.25) is 0 Å². The molecule has 0 N–H and O–H groups in total. The van der Waals surface area contributed by atoms with Crippen molar-refractivity contribution in [1.29, 1.82) is 0 Å². The Labute approximate surface area is 90.9 Å². The van der Waals surface area contributed by atoms with Gasteiger partial charge in [-0.3, -0.25) is 0 Å². The molecule has 0 saturated heterocycles. The summed E-state index contributed by atoms with van der Waals surface area (Å²) in [5.41, 5.74) is 0. The van der Waals surface area contributed by atoms with Crippen molar-refractivity contribution >= 4 is 0 Å². The summed E-state index contributed by atoms with van der Waals surface area (Å²) in [6.07, 6.45) is 6.52. The molecule has 15 heavy (non-hydrogen) atoms. The van der Waals surface area contributed by atoms with Crippen molar-refractivity contribution in [1.82, 2.24) is 0 Å². The van der Waals surface area contributed by atoms with Gasteiger partial charge < -0.3 is 0 Å². The van der Waals surface area contributed by atoms with E-state index in [4.69, 9.17) is 0 Å². The van der Waals surface area contributed by atoms with Crippen LogP contribution in [0, 0.1) is 5.92 Å². The summed E-state index contributed by atoms with van der Waals surface area (Å²) in [6, 6.07) is 0.238. The van der Waals surface area contributed by atoms with Crippen molar-refractivity contribution in [3.05, 3.63) is 0 Å². The second kappa shape index (κ2) is 7.31. The van der Waals surface area contributed by atoms with Crippen molar-refractivity contribution < 1.29 is 4.94 Å². The van der Waals surface area contributed by atoms with E-state index in [-0.39, 0.29) is 6.04 Å². The highest BCUT2D eigenvalue weighted by molar-refractivity contribution is 4.74. The third-order valence-electron chi connectivity index (χ3n) is 2.83. The average Bonchev–Trinajstić information content (AvgIpc) is 2.30. The maximum atomic E-state index is 4.55. The van der Waals surface area contributed by atoms with Crippen LogP contribution in [0.3, 0.4) is 0 Å². The molecule has 0 bridgehead atoms. The van der Waals surface area contributed by atoms with E-state index in [1.54, 1.807) is 0 Å². The predicted octanol–water partition coefficient (Wildman–Crippen LogP) is 3.73. The second-order valence-corrected chi connectivity index (χ2v) is 3.96.